The number of fused-ring (bicyclic) bond motifs is 1. The van der Waals surface area contributed by atoms with E-state index in [-0.39, 0.29) is 5.91 Å². The fourth-order valence-corrected chi connectivity index (χ4v) is 5.99. The summed E-state index contributed by atoms with van der Waals surface area (Å²) < 4.78 is 5.16. The van der Waals surface area contributed by atoms with Crippen molar-refractivity contribution in [1.29, 1.82) is 5.26 Å². The molecule has 0 unspecified atom stereocenters. The van der Waals surface area contributed by atoms with E-state index in [2.05, 4.69) is 26.3 Å². The minimum absolute atomic E-state index is 0.00977. The van der Waals surface area contributed by atoms with Crippen molar-refractivity contribution in [3.05, 3.63) is 39.8 Å². The first-order chi connectivity index (χ1) is 15.7. The van der Waals surface area contributed by atoms with E-state index in [0.29, 0.717) is 36.9 Å². The topological polar surface area (TPSA) is 91.1 Å². The molecule has 1 aliphatic carbocycles. The van der Waals surface area contributed by atoms with Gasteiger partial charge in [0.1, 0.15) is 17.7 Å². The number of ether oxygens (including phenoxy) is 1. The minimum atomic E-state index is -0.00977. The molecule has 8 heteroatoms. The Kier molecular flexibility index (Phi) is 7.85. The number of rotatable bonds is 7. The van der Waals surface area contributed by atoms with Crippen LogP contribution in [0.5, 0.6) is 0 Å². The number of hydrogen-bond acceptors (Lipinski definition) is 7. The smallest absolute Gasteiger partial charge is 0.226 e. The van der Waals surface area contributed by atoms with E-state index in [9.17, 15) is 10.1 Å². The summed E-state index contributed by atoms with van der Waals surface area (Å²) in [6, 6.07) is 4.33. The second kappa shape index (κ2) is 11.0. The molecule has 7 nitrogen and oxygen atoms in total. The molecule has 1 N–H and O–H groups in total. The Morgan fingerprint density at radius 3 is 3.06 bits per heavy atom. The zero-order chi connectivity index (χ0) is 22.3. The van der Waals surface area contributed by atoms with Gasteiger partial charge >= 0.3 is 0 Å². The van der Waals surface area contributed by atoms with Crippen LogP contribution in [0.1, 0.15) is 72.0 Å². The number of carbonyl (C=O) groups is 1. The van der Waals surface area contributed by atoms with Crippen LogP contribution in [0.3, 0.4) is 0 Å². The van der Waals surface area contributed by atoms with Gasteiger partial charge in [0.25, 0.3) is 0 Å². The molecule has 4 rings (SSSR count). The first-order valence-electron chi connectivity index (χ1n) is 11.6. The van der Waals surface area contributed by atoms with Crippen LogP contribution in [0.2, 0.25) is 0 Å². The predicted molar refractivity (Wildman–Crippen MR) is 125 cm³/mol. The van der Waals surface area contributed by atoms with E-state index in [1.165, 1.54) is 23.3 Å². The number of methoxy groups -OCH3 is 1. The maximum Gasteiger partial charge on any atom is 0.226 e. The number of aromatic nitrogens is 2. The van der Waals surface area contributed by atoms with Crippen molar-refractivity contribution in [3.63, 3.8) is 0 Å². The Morgan fingerprint density at radius 1 is 1.34 bits per heavy atom. The highest BCUT2D eigenvalue weighted by Gasteiger charge is 2.24. The Morgan fingerprint density at radius 2 is 2.22 bits per heavy atom. The van der Waals surface area contributed by atoms with Gasteiger partial charge in [-0.1, -0.05) is 6.42 Å². The number of nitriles is 1. The van der Waals surface area contributed by atoms with Gasteiger partial charge in [-0.25, -0.2) is 9.97 Å². The van der Waals surface area contributed by atoms with Crippen LogP contribution < -0.4 is 5.32 Å². The lowest BCUT2D eigenvalue weighted by molar-refractivity contribution is -0.116. The first-order valence-corrected chi connectivity index (χ1v) is 12.4. The lowest BCUT2D eigenvalue weighted by atomic mass is 9.94. The molecule has 1 amide bonds. The molecular weight excluding hydrogens is 422 g/mol. The third-order valence-corrected chi connectivity index (χ3v) is 7.57. The van der Waals surface area contributed by atoms with Crippen LogP contribution in [0.4, 0.5) is 5.00 Å². The monoisotopic (exact) mass is 453 g/mol. The normalized spacial score (nSPS) is 19.1. The second-order valence-electron chi connectivity index (χ2n) is 8.65. The number of piperidine rings is 1. The summed E-state index contributed by atoms with van der Waals surface area (Å²) >= 11 is 1.60. The molecule has 32 heavy (non-hydrogen) atoms. The van der Waals surface area contributed by atoms with Crippen LogP contribution in [-0.2, 0) is 29.0 Å². The average molecular weight is 454 g/mol. The Bertz CT molecular complexity index is 983. The zero-order valence-electron chi connectivity index (χ0n) is 18.7. The van der Waals surface area contributed by atoms with Gasteiger partial charge in [-0.15, -0.1) is 11.3 Å². The van der Waals surface area contributed by atoms with Crippen LogP contribution in [0.15, 0.2) is 12.3 Å². The maximum atomic E-state index is 12.7. The van der Waals surface area contributed by atoms with Gasteiger partial charge in [0.15, 0.2) is 5.82 Å². The summed E-state index contributed by atoms with van der Waals surface area (Å²) in [7, 11) is 1.65. The third kappa shape index (κ3) is 5.52. The quantitative estimate of drug-likeness (QED) is 0.637. The van der Waals surface area contributed by atoms with Gasteiger partial charge in [0.2, 0.25) is 5.91 Å². The van der Waals surface area contributed by atoms with Crippen molar-refractivity contribution in [3.8, 4) is 6.07 Å². The lowest BCUT2D eigenvalue weighted by Gasteiger charge is -2.32. The second-order valence-corrected chi connectivity index (χ2v) is 9.75. The van der Waals surface area contributed by atoms with Gasteiger partial charge in [0.05, 0.1) is 5.56 Å². The highest BCUT2D eigenvalue weighted by atomic mass is 32.1. The highest BCUT2D eigenvalue weighted by Crippen LogP contribution is 2.37. The molecule has 2 aromatic heterocycles. The third-order valence-electron chi connectivity index (χ3n) is 6.37. The Balaban J connectivity index is 1.32. The van der Waals surface area contributed by atoms with Gasteiger partial charge < -0.3 is 15.0 Å². The number of aryl methyl sites for hydroxylation is 1. The van der Waals surface area contributed by atoms with Crippen molar-refractivity contribution >= 4 is 22.2 Å². The van der Waals surface area contributed by atoms with Crippen LogP contribution >= 0.6 is 11.3 Å². The van der Waals surface area contributed by atoms with Crippen LogP contribution in [0, 0.1) is 11.3 Å². The summed E-state index contributed by atoms with van der Waals surface area (Å²) in [5.41, 5.74) is 2.91. The molecule has 0 saturated carbocycles. The molecule has 2 aromatic rings. The fraction of sp³-hybridized carbons (Fsp3) is 0.583. The molecule has 0 spiro atoms. The van der Waals surface area contributed by atoms with Gasteiger partial charge in [-0.2, -0.15) is 5.26 Å². The number of likely N-dealkylation sites (tertiary alicyclic amines) is 1. The van der Waals surface area contributed by atoms with E-state index in [0.717, 1.165) is 55.9 Å². The molecular formula is C24H31N5O2S. The number of hydrogen-bond donors (Lipinski definition) is 1. The molecule has 170 valence electrons. The Hall–Kier alpha value is -2.34. The number of nitrogens with one attached hydrogen (secondary N) is 1. The van der Waals surface area contributed by atoms with Crippen molar-refractivity contribution < 1.29 is 9.53 Å². The number of nitrogens with zero attached hydrogens (tertiary/aromatic N) is 4. The molecule has 1 atom stereocenters. The van der Waals surface area contributed by atoms with Gasteiger partial charge in [-0.3, -0.25) is 4.79 Å². The van der Waals surface area contributed by atoms with Crippen molar-refractivity contribution in [2.45, 2.75) is 63.9 Å². The number of carbonyl (C=O) groups excluding carboxylic acids is 1. The summed E-state index contributed by atoms with van der Waals surface area (Å²) in [5.74, 6) is 1.05. The number of anilines is 1. The lowest BCUT2D eigenvalue weighted by Crippen LogP contribution is -2.36. The first kappa shape index (κ1) is 22.8. The molecule has 1 saturated heterocycles. The van der Waals surface area contributed by atoms with Crippen LogP contribution in [-0.4, -0.2) is 47.5 Å². The SMILES string of the molecule is COCc1nccc([C@H]2CCCN(CCC(=O)Nc3sc4c(c3C#N)CCCCC4)C2)n1. The highest BCUT2D eigenvalue weighted by molar-refractivity contribution is 7.16. The van der Waals surface area contributed by atoms with E-state index >= 15 is 0 Å². The Labute approximate surface area is 193 Å². The fourth-order valence-electron chi connectivity index (χ4n) is 4.74. The summed E-state index contributed by atoms with van der Waals surface area (Å²) in [6.07, 6.45) is 9.90. The molecule has 1 aliphatic heterocycles. The van der Waals surface area contributed by atoms with Gasteiger partial charge in [-0.05, 0) is 56.7 Å². The van der Waals surface area contributed by atoms with E-state index in [1.54, 1.807) is 24.6 Å². The largest absolute Gasteiger partial charge is 0.377 e. The molecule has 2 aliphatic rings. The summed E-state index contributed by atoms with van der Waals surface area (Å²) in [5, 5.41) is 13.5. The standard InChI is InChI=1S/C24H31N5O2S/c1-31-16-22-26-11-9-20(27-22)17-6-5-12-29(15-17)13-10-23(30)28-24-19(14-25)18-7-3-2-4-8-21(18)32-24/h9,11,17H,2-8,10,12-13,15-16H2,1H3,(H,28,30)/t17-/m0/s1. The van der Waals surface area contributed by atoms with Crippen molar-refractivity contribution in [2.75, 3.05) is 32.1 Å². The molecule has 0 bridgehead atoms. The van der Waals surface area contributed by atoms with E-state index < -0.39 is 0 Å². The van der Waals surface area contributed by atoms with Crippen molar-refractivity contribution in [2.24, 2.45) is 0 Å². The summed E-state index contributed by atoms with van der Waals surface area (Å²) in [6.45, 7) is 3.02. The van der Waals surface area contributed by atoms with Crippen LogP contribution in [0.25, 0.3) is 0 Å². The molecule has 1 fully saturated rings. The maximum absolute atomic E-state index is 12.7. The van der Waals surface area contributed by atoms with E-state index in [4.69, 9.17) is 4.74 Å². The van der Waals surface area contributed by atoms with E-state index in [1.807, 2.05) is 6.07 Å². The molecule has 3 heterocycles. The molecule has 0 aromatic carbocycles. The summed E-state index contributed by atoms with van der Waals surface area (Å²) in [4.78, 5) is 25.2. The van der Waals surface area contributed by atoms with Gasteiger partial charge in [0, 0.05) is 49.3 Å². The number of amides is 1. The predicted octanol–water partition coefficient (Wildman–Crippen LogP) is 4.03. The minimum Gasteiger partial charge on any atom is -0.377 e. The van der Waals surface area contributed by atoms with Crippen molar-refractivity contribution in [1.82, 2.24) is 14.9 Å². The zero-order valence-corrected chi connectivity index (χ0v) is 19.5. The average Bonchev–Trinajstić information content (AvgIpc) is 2.97. The molecule has 0 radical (unpaired) electrons. The number of thiophene rings is 1.